The third-order valence-electron chi connectivity index (χ3n) is 5.39. The lowest BCUT2D eigenvalue weighted by molar-refractivity contribution is 0.0526. The van der Waals surface area contributed by atoms with Gasteiger partial charge in [0.2, 0.25) is 0 Å². The third kappa shape index (κ3) is 2.88. The van der Waals surface area contributed by atoms with E-state index in [0.29, 0.717) is 28.0 Å². The Morgan fingerprint density at radius 1 is 1.00 bits per heavy atom. The highest BCUT2D eigenvalue weighted by Gasteiger charge is 2.40. The summed E-state index contributed by atoms with van der Waals surface area (Å²) < 4.78 is 6.59. The molecule has 2 aromatic heterocycles. The van der Waals surface area contributed by atoms with E-state index < -0.39 is 17.8 Å². The third-order valence-corrected chi connectivity index (χ3v) is 5.39. The number of nitrogens with zero attached hydrogens (tertiary/aromatic N) is 4. The Morgan fingerprint density at radius 3 is 2.41 bits per heavy atom. The molecule has 0 spiro atoms. The molecule has 8 heteroatoms. The second kappa shape index (κ2) is 7.42. The van der Waals surface area contributed by atoms with Crippen LogP contribution in [0.15, 0.2) is 60.8 Å². The van der Waals surface area contributed by atoms with Crippen LogP contribution in [0.5, 0.6) is 0 Å². The molecule has 2 amide bonds. The Kier molecular flexibility index (Phi) is 4.55. The molecule has 0 saturated heterocycles. The molecule has 0 aliphatic carbocycles. The minimum absolute atomic E-state index is 0.224. The van der Waals surface area contributed by atoms with Crippen molar-refractivity contribution in [2.75, 3.05) is 11.5 Å². The summed E-state index contributed by atoms with van der Waals surface area (Å²) in [7, 11) is 1.75. The molecule has 0 radical (unpaired) electrons. The fourth-order valence-corrected chi connectivity index (χ4v) is 3.92. The zero-order chi connectivity index (χ0) is 22.4. The van der Waals surface area contributed by atoms with Gasteiger partial charge >= 0.3 is 5.97 Å². The number of fused-ring (bicyclic) bond motifs is 3. The molecule has 1 aliphatic heterocycles. The van der Waals surface area contributed by atoms with Crippen LogP contribution in [0.3, 0.4) is 0 Å². The molecule has 158 valence electrons. The lowest BCUT2D eigenvalue weighted by Crippen LogP contribution is -2.29. The maximum atomic E-state index is 13.5. The molecule has 0 saturated carbocycles. The number of benzene rings is 2. The Balaban J connectivity index is 1.63. The van der Waals surface area contributed by atoms with Crippen molar-refractivity contribution in [1.82, 2.24) is 14.8 Å². The van der Waals surface area contributed by atoms with E-state index in [1.807, 2.05) is 30.3 Å². The highest BCUT2D eigenvalue weighted by atomic mass is 16.5. The van der Waals surface area contributed by atoms with Crippen molar-refractivity contribution in [3.63, 3.8) is 0 Å². The zero-order valence-corrected chi connectivity index (χ0v) is 17.4. The van der Waals surface area contributed by atoms with E-state index in [9.17, 15) is 14.4 Å². The molecular formula is C24H18N4O4. The Hall–Kier alpha value is -4.33. The monoisotopic (exact) mass is 426 g/mol. The van der Waals surface area contributed by atoms with Crippen molar-refractivity contribution < 1.29 is 19.1 Å². The average molecular weight is 426 g/mol. The summed E-state index contributed by atoms with van der Waals surface area (Å²) in [6.07, 6.45) is 1.42. The van der Waals surface area contributed by atoms with E-state index in [1.54, 1.807) is 30.8 Å². The van der Waals surface area contributed by atoms with Crippen molar-refractivity contribution in [2.45, 2.75) is 6.92 Å². The van der Waals surface area contributed by atoms with Crippen molar-refractivity contribution in [2.24, 2.45) is 7.05 Å². The predicted octanol–water partition coefficient (Wildman–Crippen LogP) is 3.61. The molecule has 0 N–H and O–H groups in total. The van der Waals surface area contributed by atoms with E-state index in [2.05, 4.69) is 10.1 Å². The van der Waals surface area contributed by atoms with E-state index >= 15 is 0 Å². The van der Waals surface area contributed by atoms with Gasteiger partial charge in [-0.25, -0.2) is 19.4 Å². The van der Waals surface area contributed by atoms with E-state index in [4.69, 9.17) is 4.74 Å². The van der Waals surface area contributed by atoms with Crippen molar-refractivity contribution in [3.05, 3.63) is 77.5 Å². The van der Waals surface area contributed by atoms with Crippen LogP contribution in [-0.4, -0.2) is 39.2 Å². The minimum atomic E-state index is -0.467. The summed E-state index contributed by atoms with van der Waals surface area (Å²) in [6, 6.07) is 15.6. The second-order valence-corrected chi connectivity index (χ2v) is 7.30. The van der Waals surface area contributed by atoms with Crippen LogP contribution in [0.2, 0.25) is 0 Å². The normalized spacial score (nSPS) is 13.0. The topological polar surface area (TPSA) is 94.4 Å². The number of anilines is 1. The molecular weight excluding hydrogens is 408 g/mol. The highest BCUT2D eigenvalue weighted by molar-refractivity contribution is 6.38. The number of rotatable bonds is 4. The van der Waals surface area contributed by atoms with Gasteiger partial charge in [0.05, 0.1) is 34.4 Å². The van der Waals surface area contributed by atoms with Gasteiger partial charge in [-0.15, -0.1) is 0 Å². The number of pyridine rings is 1. The number of carbonyl (C=O) groups is 3. The lowest BCUT2D eigenvalue weighted by atomic mass is 10.0. The molecule has 32 heavy (non-hydrogen) atoms. The van der Waals surface area contributed by atoms with E-state index in [-0.39, 0.29) is 17.7 Å². The van der Waals surface area contributed by atoms with Crippen molar-refractivity contribution in [1.29, 1.82) is 0 Å². The van der Waals surface area contributed by atoms with Gasteiger partial charge in [-0.3, -0.25) is 9.59 Å². The molecule has 8 nitrogen and oxygen atoms in total. The van der Waals surface area contributed by atoms with E-state index in [0.717, 1.165) is 10.5 Å². The summed E-state index contributed by atoms with van der Waals surface area (Å²) in [5.74, 6) is -1.38. The first-order valence-electron chi connectivity index (χ1n) is 10.1. The average Bonchev–Trinajstić information content (AvgIpc) is 3.28. The summed E-state index contributed by atoms with van der Waals surface area (Å²) in [6.45, 7) is 1.98. The van der Waals surface area contributed by atoms with Gasteiger partial charge in [0, 0.05) is 18.8 Å². The van der Waals surface area contributed by atoms with Gasteiger partial charge in [0.25, 0.3) is 11.8 Å². The number of aromatic nitrogens is 3. The first-order valence-corrected chi connectivity index (χ1v) is 10.1. The molecule has 0 fully saturated rings. The van der Waals surface area contributed by atoms with Crippen LogP contribution < -0.4 is 4.90 Å². The summed E-state index contributed by atoms with van der Waals surface area (Å²) in [5.41, 5.74) is 3.14. The van der Waals surface area contributed by atoms with E-state index in [1.165, 1.54) is 18.3 Å². The first kappa shape index (κ1) is 19.6. The summed E-state index contributed by atoms with van der Waals surface area (Å²) >= 11 is 0. The summed E-state index contributed by atoms with van der Waals surface area (Å²) in [5, 5.41) is 5.11. The molecule has 2 aromatic carbocycles. The smallest absolute Gasteiger partial charge is 0.338 e. The largest absolute Gasteiger partial charge is 0.462 e. The minimum Gasteiger partial charge on any atom is -0.462 e. The molecule has 3 heterocycles. The van der Waals surface area contributed by atoms with Crippen molar-refractivity contribution >= 4 is 34.5 Å². The van der Waals surface area contributed by atoms with Crippen LogP contribution in [0.1, 0.15) is 38.0 Å². The quantitative estimate of drug-likeness (QED) is 0.365. The van der Waals surface area contributed by atoms with Crippen molar-refractivity contribution in [3.8, 4) is 11.3 Å². The van der Waals surface area contributed by atoms with Crippen LogP contribution >= 0.6 is 0 Å². The fourth-order valence-electron chi connectivity index (χ4n) is 3.92. The molecule has 0 unspecified atom stereocenters. The van der Waals surface area contributed by atoms with Gasteiger partial charge in [0.1, 0.15) is 5.69 Å². The Labute approximate surface area is 183 Å². The number of carbonyl (C=O) groups excluding carboxylic acids is 3. The standard InChI is InChI=1S/C24H18N4O4/c1-3-32-24(31)15-9-11-16(12-10-15)28-22(29)17-13-25-21-19(18(17)23(28)30)20(26-27(21)2)14-7-5-4-6-8-14/h4-13H,3H2,1-2H3. The van der Waals surface area contributed by atoms with Gasteiger partial charge in [-0.1, -0.05) is 30.3 Å². The number of amides is 2. The van der Waals surface area contributed by atoms with Crippen LogP contribution in [0, 0.1) is 0 Å². The maximum absolute atomic E-state index is 13.5. The van der Waals surface area contributed by atoms with Gasteiger partial charge in [0.15, 0.2) is 5.65 Å². The van der Waals surface area contributed by atoms with Crippen LogP contribution in [0.4, 0.5) is 5.69 Å². The van der Waals surface area contributed by atoms with Gasteiger partial charge in [-0.05, 0) is 31.2 Å². The summed E-state index contributed by atoms with van der Waals surface area (Å²) in [4.78, 5) is 44.1. The molecule has 5 rings (SSSR count). The number of hydrogen-bond donors (Lipinski definition) is 0. The van der Waals surface area contributed by atoms with Crippen LogP contribution in [-0.2, 0) is 11.8 Å². The Morgan fingerprint density at radius 2 is 1.72 bits per heavy atom. The molecule has 0 bridgehead atoms. The number of ether oxygens (including phenoxy) is 1. The first-order chi connectivity index (χ1) is 15.5. The lowest BCUT2D eigenvalue weighted by Gasteiger charge is -2.14. The maximum Gasteiger partial charge on any atom is 0.338 e. The zero-order valence-electron chi connectivity index (χ0n) is 17.4. The predicted molar refractivity (Wildman–Crippen MR) is 117 cm³/mol. The number of esters is 1. The number of aryl methyl sites for hydroxylation is 1. The van der Waals surface area contributed by atoms with Gasteiger partial charge in [-0.2, -0.15) is 5.10 Å². The molecule has 4 aromatic rings. The van der Waals surface area contributed by atoms with Gasteiger partial charge < -0.3 is 4.74 Å². The second-order valence-electron chi connectivity index (χ2n) is 7.30. The SMILES string of the molecule is CCOC(=O)c1ccc(N2C(=O)c3cnc4c(c(-c5ccccc5)nn4C)c3C2=O)cc1. The number of hydrogen-bond acceptors (Lipinski definition) is 6. The van der Waals surface area contributed by atoms with Crippen LogP contribution in [0.25, 0.3) is 22.3 Å². The fraction of sp³-hybridized carbons (Fsp3) is 0.125. The number of imide groups is 1. The highest BCUT2D eigenvalue weighted by Crippen LogP contribution is 2.37. The Bertz CT molecular complexity index is 1390. The molecule has 0 atom stereocenters. The molecule has 1 aliphatic rings.